The average molecular weight is 372 g/mol. The summed E-state index contributed by atoms with van der Waals surface area (Å²) in [5, 5.41) is 12.9. The molecule has 0 fully saturated rings. The third-order valence-electron chi connectivity index (χ3n) is 5.04. The van der Waals surface area contributed by atoms with E-state index >= 15 is 0 Å². The molecule has 0 aliphatic heterocycles. The highest BCUT2D eigenvalue weighted by Gasteiger charge is 2.30. The highest BCUT2D eigenvalue weighted by molar-refractivity contribution is 6.00. The molecule has 1 aromatic heterocycles. The summed E-state index contributed by atoms with van der Waals surface area (Å²) in [5.41, 5.74) is 2.40. The predicted molar refractivity (Wildman–Crippen MR) is 111 cm³/mol. The number of benzene rings is 3. The molecular formula is C23H20N2O3. The second-order valence-electron chi connectivity index (χ2n) is 6.84. The van der Waals surface area contributed by atoms with Crippen LogP contribution in [0.15, 0.2) is 72.9 Å². The minimum Gasteiger partial charge on any atom is -0.480 e. The Kier molecular flexibility index (Phi) is 4.57. The summed E-state index contributed by atoms with van der Waals surface area (Å²) in [5.74, 6) is -1.34. The van der Waals surface area contributed by atoms with Gasteiger partial charge in [-0.2, -0.15) is 0 Å². The number of carboxylic acid groups (broad SMARTS) is 1. The van der Waals surface area contributed by atoms with E-state index in [1.54, 1.807) is 6.07 Å². The number of hydrogen-bond acceptors (Lipinski definition) is 2. The molecular weight excluding hydrogens is 352 g/mol. The van der Waals surface area contributed by atoms with Crippen LogP contribution in [0.5, 0.6) is 0 Å². The molecule has 1 amide bonds. The van der Waals surface area contributed by atoms with Gasteiger partial charge in [0, 0.05) is 36.1 Å². The number of nitrogens with zero attached hydrogens (tertiary/aromatic N) is 1. The van der Waals surface area contributed by atoms with Crippen LogP contribution < -0.4 is 4.90 Å². The van der Waals surface area contributed by atoms with Gasteiger partial charge in [-0.1, -0.05) is 48.5 Å². The molecule has 2 N–H and O–H groups in total. The summed E-state index contributed by atoms with van der Waals surface area (Å²) < 4.78 is 0. The standard InChI is InChI=1S/C23H20N2O3/c1-15(26)25(19-11-10-16-6-2-3-7-17(16)12-19)22(23(27)28)13-18-14-24-21-9-5-4-8-20(18)21/h2-12,14,22,24H,13H2,1H3,(H,27,28). The normalized spacial score (nSPS) is 12.2. The molecule has 5 heteroatoms. The first-order valence-corrected chi connectivity index (χ1v) is 9.11. The van der Waals surface area contributed by atoms with Crippen LogP contribution in [0.3, 0.4) is 0 Å². The van der Waals surface area contributed by atoms with E-state index in [0.717, 1.165) is 27.2 Å². The van der Waals surface area contributed by atoms with Crippen LogP contribution in [0.25, 0.3) is 21.7 Å². The first kappa shape index (κ1) is 17.8. The zero-order chi connectivity index (χ0) is 19.7. The monoisotopic (exact) mass is 372 g/mol. The Morgan fingerprint density at radius 1 is 1.00 bits per heavy atom. The first-order valence-electron chi connectivity index (χ1n) is 9.11. The predicted octanol–water partition coefficient (Wildman–Crippen LogP) is 4.37. The van der Waals surface area contributed by atoms with Crippen molar-refractivity contribution in [1.82, 2.24) is 4.98 Å². The van der Waals surface area contributed by atoms with Gasteiger partial charge in [0.25, 0.3) is 0 Å². The third kappa shape index (κ3) is 3.22. The number of carbonyl (C=O) groups excluding carboxylic acids is 1. The van der Waals surface area contributed by atoms with E-state index in [1.807, 2.05) is 66.9 Å². The van der Waals surface area contributed by atoms with Crippen molar-refractivity contribution in [3.05, 3.63) is 78.5 Å². The van der Waals surface area contributed by atoms with Gasteiger partial charge in [0.15, 0.2) is 0 Å². The van der Waals surface area contributed by atoms with Gasteiger partial charge in [-0.3, -0.25) is 9.69 Å². The first-order chi connectivity index (χ1) is 13.5. The summed E-state index contributed by atoms with van der Waals surface area (Å²) in [4.78, 5) is 29.2. The summed E-state index contributed by atoms with van der Waals surface area (Å²) >= 11 is 0. The van der Waals surface area contributed by atoms with Crippen LogP contribution >= 0.6 is 0 Å². The molecule has 0 bridgehead atoms. The highest BCUT2D eigenvalue weighted by atomic mass is 16.4. The van der Waals surface area contributed by atoms with Gasteiger partial charge < -0.3 is 10.1 Å². The molecule has 5 nitrogen and oxygen atoms in total. The zero-order valence-corrected chi connectivity index (χ0v) is 15.4. The summed E-state index contributed by atoms with van der Waals surface area (Å²) in [6.45, 7) is 1.40. The smallest absolute Gasteiger partial charge is 0.327 e. The molecule has 0 aliphatic carbocycles. The molecule has 0 saturated carbocycles. The van der Waals surface area contributed by atoms with Gasteiger partial charge in [0.1, 0.15) is 6.04 Å². The van der Waals surface area contributed by atoms with Crippen molar-refractivity contribution in [2.24, 2.45) is 0 Å². The minimum atomic E-state index is -1.03. The lowest BCUT2D eigenvalue weighted by molar-refractivity contribution is -0.140. The number of rotatable bonds is 5. The van der Waals surface area contributed by atoms with Crippen LogP contribution in [0, 0.1) is 0 Å². The number of fused-ring (bicyclic) bond motifs is 2. The van der Waals surface area contributed by atoms with Crippen molar-refractivity contribution in [2.75, 3.05) is 4.90 Å². The summed E-state index contributed by atoms with van der Waals surface area (Å²) in [6, 6.07) is 20.1. The average Bonchev–Trinajstić information content (AvgIpc) is 3.10. The summed E-state index contributed by atoms with van der Waals surface area (Å²) in [7, 11) is 0. The van der Waals surface area contributed by atoms with Crippen LogP contribution in [0.1, 0.15) is 12.5 Å². The van der Waals surface area contributed by atoms with Crippen molar-refractivity contribution in [2.45, 2.75) is 19.4 Å². The zero-order valence-electron chi connectivity index (χ0n) is 15.4. The van der Waals surface area contributed by atoms with Crippen molar-refractivity contribution in [1.29, 1.82) is 0 Å². The Hall–Kier alpha value is -3.60. The number of para-hydroxylation sites is 1. The molecule has 4 aromatic rings. The number of carbonyl (C=O) groups is 2. The number of aliphatic carboxylic acids is 1. The molecule has 28 heavy (non-hydrogen) atoms. The number of aromatic amines is 1. The Labute approximate surface area is 162 Å². The minimum absolute atomic E-state index is 0.214. The molecule has 0 spiro atoms. The molecule has 1 atom stereocenters. The van der Waals surface area contributed by atoms with E-state index < -0.39 is 12.0 Å². The van der Waals surface area contributed by atoms with Crippen molar-refractivity contribution < 1.29 is 14.7 Å². The Morgan fingerprint density at radius 3 is 2.46 bits per heavy atom. The van der Waals surface area contributed by atoms with E-state index in [1.165, 1.54) is 11.8 Å². The van der Waals surface area contributed by atoms with E-state index in [9.17, 15) is 14.7 Å². The van der Waals surface area contributed by atoms with Gasteiger partial charge in [0.05, 0.1) is 0 Å². The fraction of sp³-hybridized carbons (Fsp3) is 0.130. The molecule has 0 saturated heterocycles. The maximum absolute atomic E-state index is 12.5. The largest absolute Gasteiger partial charge is 0.480 e. The topological polar surface area (TPSA) is 73.4 Å². The number of aromatic nitrogens is 1. The van der Waals surface area contributed by atoms with Crippen molar-refractivity contribution in [3.8, 4) is 0 Å². The van der Waals surface area contributed by atoms with Gasteiger partial charge in [0.2, 0.25) is 5.91 Å². The number of hydrogen-bond donors (Lipinski definition) is 2. The SMILES string of the molecule is CC(=O)N(c1ccc2ccccc2c1)C(Cc1c[nH]c2ccccc12)C(=O)O. The highest BCUT2D eigenvalue weighted by Crippen LogP contribution is 2.27. The molecule has 3 aromatic carbocycles. The van der Waals surface area contributed by atoms with E-state index in [-0.39, 0.29) is 12.3 Å². The maximum atomic E-state index is 12.5. The lowest BCUT2D eigenvalue weighted by atomic mass is 10.0. The van der Waals surface area contributed by atoms with Gasteiger partial charge >= 0.3 is 5.97 Å². The van der Waals surface area contributed by atoms with Crippen molar-refractivity contribution >= 4 is 39.2 Å². The number of amides is 1. The van der Waals surface area contributed by atoms with Gasteiger partial charge in [-0.25, -0.2) is 4.79 Å². The van der Waals surface area contributed by atoms with Gasteiger partial charge in [-0.05, 0) is 34.5 Å². The van der Waals surface area contributed by atoms with E-state index in [4.69, 9.17) is 0 Å². The van der Waals surface area contributed by atoms with Crippen LogP contribution in [0.2, 0.25) is 0 Å². The Balaban J connectivity index is 1.76. The molecule has 0 aliphatic rings. The number of nitrogens with one attached hydrogen (secondary N) is 1. The maximum Gasteiger partial charge on any atom is 0.327 e. The molecule has 1 heterocycles. The van der Waals surface area contributed by atoms with Gasteiger partial charge in [-0.15, -0.1) is 0 Å². The number of H-pyrrole nitrogens is 1. The third-order valence-corrected chi connectivity index (χ3v) is 5.04. The number of anilines is 1. The molecule has 140 valence electrons. The van der Waals surface area contributed by atoms with E-state index in [2.05, 4.69) is 4.98 Å². The second kappa shape index (κ2) is 7.19. The van der Waals surface area contributed by atoms with Crippen LogP contribution in [-0.2, 0) is 16.0 Å². The second-order valence-corrected chi connectivity index (χ2v) is 6.84. The Morgan fingerprint density at radius 2 is 1.71 bits per heavy atom. The Bertz CT molecular complexity index is 1180. The van der Waals surface area contributed by atoms with Crippen LogP contribution in [0.4, 0.5) is 5.69 Å². The fourth-order valence-corrected chi connectivity index (χ4v) is 3.71. The van der Waals surface area contributed by atoms with E-state index in [0.29, 0.717) is 5.69 Å². The number of carboxylic acids is 1. The summed E-state index contributed by atoms with van der Waals surface area (Å²) in [6.07, 6.45) is 2.03. The van der Waals surface area contributed by atoms with Crippen LogP contribution in [-0.4, -0.2) is 28.0 Å². The fourth-order valence-electron chi connectivity index (χ4n) is 3.71. The quantitative estimate of drug-likeness (QED) is 0.546. The molecule has 1 unspecified atom stereocenters. The lowest BCUT2D eigenvalue weighted by Gasteiger charge is -2.28. The molecule has 4 rings (SSSR count). The lowest BCUT2D eigenvalue weighted by Crippen LogP contribution is -2.45. The van der Waals surface area contributed by atoms with Crippen molar-refractivity contribution in [3.63, 3.8) is 0 Å². The molecule has 0 radical (unpaired) electrons.